The maximum atomic E-state index is 3.32. The smallest absolute Gasteiger partial charge is 0.0393 e. The molecule has 10 heavy (non-hydrogen) atoms. The van der Waals surface area contributed by atoms with Gasteiger partial charge in [0.2, 0.25) is 0 Å². The molecule has 2 saturated heterocycles. The highest BCUT2D eigenvalue weighted by Gasteiger charge is 2.24. The van der Waals surface area contributed by atoms with Crippen molar-refractivity contribution in [3.05, 3.63) is 6.54 Å². The van der Waals surface area contributed by atoms with Crippen LogP contribution in [0.4, 0.5) is 0 Å². The van der Waals surface area contributed by atoms with Crippen LogP contribution in [0, 0.1) is 6.54 Å². The first kappa shape index (κ1) is 6.62. The first-order valence-electron chi connectivity index (χ1n) is 4.27. The molecule has 57 valence electrons. The summed E-state index contributed by atoms with van der Waals surface area (Å²) in [6, 6.07) is 0.752. The standard InChI is InChI=1S/C8H15N2/c1-2-5-10-6-4-9-7-8(10)3-1/h7-9H,1-6H2. The Kier molecular flexibility index (Phi) is 1.91. The molecule has 2 heteroatoms. The van der Waals surface area contributed by atoms with Gasteiger partial charge >= 0.3 is 0 Å². The number of rotatable bonds is 0. The SMILES string of the molecule is [CH]1NCCN2CCCCC12. The van der Waals surface area contributed by atoms with Gasteiger partial charge in [0.15, 0.2) is 0 Å². The van der Waals surface area contributed by atoms with Crippen molar-refractivity contribution in [2.24, 2.45) is 0 Å². The van der Waals surface area contributed by atoms with Crippen LogP contribution in [-0.2, 0) is 0 Å². The summed E-state index contributed by atoms with van der Waals surface area (Å²) < 4.78 is 0. The Morgan fingerprint density at radius 1 is 1.30 bits per heavy atom. The van der Waals surface area contributed by atoms with Gasteiger partial charge in [-0.05, 0) is 19.4 Å². The molecular formula is C8H15N2. The van der Waals surface area contributed by atoms with Crippen LogP contribution in [0.2, 0.25) is 0 Å². The molecule has 2 rings (SSSR count). The highest BCUT2D eigenvalue weighted by atomic mass is 15.2. The Bertz CT molecular complexity index is 87.8. The molecular weight excluding hydrogens is 124 g/mol. The number of piperidine rings is 1. The maximum Gasteiger partial charge on any atom is 0.0393 e. The highest BCUT2D eigenvalue weighted by Crippen LogP contribution is 2.19. The predicted molar refractivity (Wildman–Crippen MR) is 41.5 cm³/mol. The number of hydrogen-bond donors (Lipinski definition) is 1. The van der Waals surface area contributed by atoms with Gasteiger partial charge in [0.1, 0.15) is 0 Å². The zero-order chi connectivity index (χ0) is 6.81. The molecule has 0 aromatic heterocycles. The monoisotopic (exact) mass is 139 g/mol. The van der Waals surface area contributed by atoms with Gasteiger partial charge in [-0.3, -0.25) is 4.90 Å². The van der Waals surface area contributed by atoms with E-state index in [-0.39, 0.29) is 0 Å². The van der Waals surface area contributed by atoms with E-state index in [4.69, 9.17) is 0 Å². The second-order valence-electron chi connectivity index (χ2n) is 3.22. The number of nitrogens with one attached hydrogen (secondary N) is 1. The second-order valence-corrected chi connectivity index (χ2v) is 3.22. The van der Waals surface area contributed by atoms with Gasteiger partial charge in [0.05, 0.1) is 0 Å². The molecule has 0 aromatic carbocycles. The minimum Gasteiger partial charge on any atom is -0.310 e. The van der Waals surface area contributed by atoms with Gasteiger partial charge in [-0.25, -0.2) is 0 Å². The lowest BCUT2D eigenvalue weighted by Gasteiger charge is -2.39. The fourth-order valence-corrected chi connectivity index (χ4v) is 1.91. The van der Waals surface area contributed by atoms with Crippen molar-refractivity contribution < 1.29 is 0 Å². The minimum absolute atomic E-state index is 0.752. The summed E-state index contributed by atoms with van der Waals surface area (Å²) in [5.41, 5.74) is 0. The van der Waals surface area contributed by atoms with Crippen LogP contribution >= 0.6 is 0 Å². The van der Waals surface area contributed by atoms with Crippen molar-refractivity contribution in [1.82, 2.24) is 10.2 Å². The second kappa shape index (κ2) is 2.89. The maximum absolute atomic E-state index is 3.32. The van der Waals surface area contributed by atoms with E-state index < -0.39 is 0 Å². The van der Waals surface area contributed by atoms with E-state index in [0.717, 1.165) is 12.6 Å². The molecule has 2 aliphatic rings. The third-order valence-electron chi connectivity index (χ3n) is 2.52. The lowest BCUT2D eigenvalue weighted by molar-refractivity contribution is 0.143. The van der Waals surface area contributed by atoms with E-state index in [1.54, 1.807) is 0 Å². The van der Waals surface area contributed by atoms with Gasteiger partial charge in [0.25, 0.3) is 0 Å². The lowest BCUT2D eigenvalue weighted by atomic mass is 10.0. The van der Waals surface area contributed by atoms with Crippen molar-refractivity contribution in [3.63, 3.8) is 0 Å². The summed E-state index contributed by atoms with van der Waals surface area (Å²) >= 11 is 0. The largest absolute Gasteiger partial charge is 0.310 e. The van der Waals surface area contributed by atoms with E-state index in [2.05, 4.69) is 16.8 Å². The molecule has 1 atom stereocenters. The summed E-state index contributed by atoms with van der Waals surface area (Å²) in [6.45, 7) is 5.99. The van der Waals surface area contributed by atoms with Gasteiger partial charge < -0.3 is 5.32 Å². The summed E-state index contributed by atoms with van der Waals surface area (Å²) in [5.74, 6) is 0. The van der Waals surface area contributed by atoms with Crippen LogP contribution in [0.3, 0.4) is 0 Å². The minimum atomic E-state index is 0.752. The lowest BCUT2D eigenvalue weighted by Crippen LogP contribution is -2.50. The van der Waals surface area contributed by atoms with E-state index >= 15 is 0 Å². The molecule has 0 aliphatic carbocycles. The Balaban J connectivity index is 1.93. The summed E-state index contributed by atoms with van der Waals surface area (Å²) in [5, 5.41) is 3.32. The van der Waals surface area contributed by atoms with Crippen LogP contribution in [0.25, 0.3) is 0 Å². The molecule has 0 amide bonds. The van der Waals surface area contributed by atoms with Gasteiger partial charge in [-0.1, -0.05) is 6.42 Å². The first-order chi connectivity index (χ1) is 4.97. The van der Waals surface area contributed by atoms with E-state index in [1.165, 1.54) is 32.4 Å². The van der Waals surface area contributed by atoms with Crippen molar-refractivity contribution in [2.45, 2.75) is 25.3 Å². The normalized spacial score (nSPS) is 35.4. The molecule has 1 unspecified atom stereocenters. The van der Waals surface area contributed by atoms with Crippen molar-refractivity contribution >= 4 is 0 Å². The highest BCUT2D eigenvalue weighted by molar-refractivity contribution is 4.90. The Morgan fingerprint density at radius 3 is 3.20 bits per heavy atom. The zero-order valence-electron chi connectivity index (χ0n) is 6.34. The third-order valence-corrected chi connectivity index (χ3v) is 2.52. The summed E-state index contributed by atoms with van der Waals surface area (Å²) in [4.78, 5) is 2.58. The van der Waals surface area contributed by atoms with Gasteiger partial charge in [-0.2, -0.15) is 0 Å². The Hall–Kier alpha value is -0.0800. The van der Waals surface area contributed by atoms with Crippen LogP contribution in [-0.4, -0.2) is 30.6 Å². The quantitative estimate of drug-likeness (QED) is 0.529. The molecule has 0 saturated carbocycles. The molecule has 1 N–H and O–H groups in total. The summed E-state index contributed by atoms with van der Waals surface area (Å²) in [7, 11) is 0. The molecule has 0 spiro atoms. The number of fused-ring (bicyclic) bond motifs is 1. The fourth-order valence-electron chi connectivity index (χ4n) is 1.91. The first-order valence-corrected chi connectivity index (χ1v) is 4.27. The van der Waals surface area contributed by atoms with Crippen molar-refractivity contribution in [1.29, 1.82) is 0 Å². The van der Waals surface area contributed by atoms with Crippen molar-refractivity contribution in [2.75, 3.05) is 19.6 Å². The van der Waals surface area contributed by atoms with E-state index in [1.807, 2.05) is 0 Å². The fraction of sp³-hybridized carbons (Fsp3) is 0.875. The number of hydrogen-bond acceptors (Lipinski definition) is 2. The average Bonchev–Trinajstić information content (AvgIpc) is 2.05. The molecule has 2 aliphatic heterocycles. The predicted octanol–water partition coefficient (Wildman–Crippen LogP) is 0.606. The van der Waals surface area contributed by atoms with Crippen LogP contribution in [0.15, 0.2) is 0 Å². The third kappa shape index (κ3) is 1.18. The Labute approximate surface area is 62.6 Å². The van der Waals surface area contributed by atoms with E-state index in [9.17, 15) is 0 Å². The van der Waals surface area contributed by atoms with Gasteiger partial charge in [0, 0.05) is 25.7 Å². The molecule has 1 radical (unpaired) electrons. The molecule has 2 heterocycles. The van der Waals surface area contributed by atoms with Crippen molar-refractivity contribution in [3.8, 4) is 0 Å². The van der Waals surface area contributed by atoms with E-state index in [0.29, 0.717) is 0 Å². The number of piperazine rings is 1. The topological polar surface area (TPSA) is 15.3 Å². The molecule has 0 aromatic rings. The van der Waals surface area contributed by atoms with Crippen LogP contribution in [0.1, 0.15) is 19.3 Å². The van der Waals surface area contributed by atoms with Crippen LogP contribution in [0.5, 0.6) is 0 Å². The number of nitrogens with zero attached hydrogens (tertiary/aromatic N) is 1. The molecule has 2 nitrogen and oxygen atoms in total. The Morgan fingerprint density at radius 2 is 2.30 bits per heavy atom. The average molecular weight is 139 g/mol. The molecule has 0 bridgehead atoms. The summed E-state index contributed by atoms with van der Waals surface area (Å²) in [6.07, 6.45) is 4.19. The van der Waals surface area contributed by atoms with Gasteiger partial charge in [-0.15, -0.1) is 0 Å². The zero-order valence-corrected chi connectivity index (χ0v) is 6.34. The van der Waals surface area contributed by atoms with Crippen LogP contribution < -0.4 is 5.32 Å². The molecule has 2 fully saturated rings.